The van der Waals surface area contributed by atoms with E-state index in [9.17, 15) is 4.79 Å². The van der Waals surface area contributed by atoms with Gasteiger partial charge in [0.1, 0.15) is 0 Å². The fourth-order valence-electron chi connectivity index (χ4n) is 3.30. The van der Waals surface area contributed by atoms with E-state index in [1.54, 1.807) is 6.08 Å². The van der Waals surface area contributed by atoms with Gasteiger partial charge in [-0.3, -0.25) is 0 Å². The lowest BCUT2D eigenvalue weighted by atomic mass is 10.0. The van der Waals surface area contributed by atoms with Crippen LogP contribution in [0.15, 0.2) is 17.3 Å². The zero-order chi connectivity index (χ0) is 22.2. The summed E-state index contributed by atoms with van der Waals surface area (Å²) in [7, 11) is -1.92. The van der Waals surface area contributed by atoms with E-state index in [2.05, 4.69) is 52.4 Å². The van der Waals surface area contributed by atoms with E-state index in [0.29, 0.717) is 5.70 Å². The number of hydrogen-bond donors (Lipinski definition) is 0. The fraction of sp³-hybridized carbons (Fsp3) is 0.880. The van der Waals surface area contributed by atoms with Gasteiger partial charge in [0, 0.05) is 0 Å². The molecule has 0 aliphatic rings. The predicted molar refractivity (Wildman–Crippen MR) is 130 cm³/mol. The first-order chi connectivity index (χ1) is 13.7. The standard InChI is InChI=1S/C25H49NO2Si/c1-8-9-10-11-12-13-14-15-16-17-18-19-20-21-24(23(2)26-22-27)28-29(6,7)25(3,4)5/h24H,2,8-21H2,1,3-7H3. The first-order valence-electron chi connectivity index (χ1n) is 12.1. The van der Waals surface area contributed by atoms with Crippen molar-refractivity contribution in [3.8, 4) is 0 Å². The topological polar surface area (TPSA) is 38.7 Å². The van der Waals surface area contributed by atoms with Crippen molar-refractivity contribution in [1.82, 2.24) is 0 Å². The Bertz CT molecular complexity index is 476. The van der Waals surface area contributed by atoms with Crippen molar-refractivity contribution in [3.63, 3.8) is 0 Å². The molecule has 0 bridgehead atoms. The smallest absolute Gasteiger partial charge is 0.240 e. The summed E-state index contributed by atoms with van der Waals surface area (Å²) in [6, 6.07) is 0. The maximum atomic E-state index is 10.7. The van der Waals surface area contributed by atoms with Crippen LogP contribution >= 0.6 is 0 Å². The first kappa shape index (κ1) is 28.3. The predicted octanol–water partition coefficient (Wildman–Crippen LogP) is 8.71. The summed E-state index contributed by atoms with van der Waals surface area (Å²) in [6.45, 7) is 17.4. The third-order valence-corrected chi connectivity index (χ3v) is 10.9. The van der Waals surface area contributed by atoms with Gasteiger partial charge in [-0.25, -0.2) is 4.79 Å². The average Bonchev–Trinajstić information content (AvgIpc) is 2.63. The van der Waals surface area contributed by atoms with E-state index in [1.807, 2.05) is 0 Å². The Labute approximate surface area is 182 Å². The highest BCUT2D eigenvalue weighted by molar-refractivity contribution is 6.74. The number of rotatable bonds is 18. The molecular formula is C25H49NO2Si. The normalized spacial score (nSPS) is 13.2. The van der Waals surface area contributed by atoms with E-state index in [1.165, 1.54) is 77.0 Å². The number of unbranched alkanes of at least 4 members (excludes halogenated alkanes) is 12. The minimum Gasteiger partial charge on any atom is -0.408 e. The Morgan fingerprint density at radius 2 is 1.31 bits per heavy atom. The van der Waals surface area contributed by atoms with Crippen LogP contribution in [0, 0.1) is 0 Å². The van der Waals surface area contributed by atoms with Crippen molar-refractivity contribution in [2.45, 2.75) is 142 Å². The maximum absolute atomic E-state index is 10.7. The highest BCUT2D eigenvalue weighted by atomic mass is 28.4. The molecule has 0 radical (unpaired) electrons. The van der Waals surface area contributed by atoms with Crippen LogP contribution in [-0.2, 0) is 9.22 Å². The molecule has 0 aliphatic carbocycles. The molecule has 0 aromatic heterocycles. The molecule has 0 spiro atoms. The molecule has 0 amide bonds. The van der Waals surface area contributed by atoms with Gasteiger partial charge in [-0.1, -0.05) is 118 Å². The van der Waals surface area contributed by atoms with Crippen LogP contribution < -0.4 is 0 Å². The molecule has 4 heteroatoms. The van der Waals surface area contributed by atoms with Gasteiger partial charge in [0.15, 0.2) is 8.32 Å². The highest BCUT2D eigenvalue weighted by Crippen LogP contribution is 2.38. The second-order valence-corrected chi connectivity index (χ2v) is 14.8. The van der Waals surface area contributed by atoms with Gasteiger partial charge in [0.05, 0.1) is 11.8 Å². The number of aliphatic imine (C=N–C) groups is 1. The summed E-state index contributed by atoms with van der Waals surface area (Å²) in [4.78, 5) is 14.4. The molecule has 0 rings (SSSR count). The van der Waals surface area contributed by atoms with E-state index < -0.39 is 8.32 Å². The average molecular weight is 424 g/mol. The molecule has 0 aromatic carbocycles. The minimum atomic E-state index is -1.92. The second-order valence-electron chi connectivity index (χ2n) is 10.1. The van der Waals surface area contributed by atoms with Gasteiger partial charge in [-0.2, -0.15) is 4.99 Å². The largest absolute Gasteiger partial charge is 0.408 e. The van der Waals surface area contributed by atoms with Crippen LogP contribution in [0.2, 0.25) is 18.1 Å². The monoisotopic (exact) mass is 423 g/mol. The molecule has 0 saturated carbocycles. The molecule has 0 saturated heterocycles. The Morgan fingerprint density at radius 1 is 0.897 bits per heavy atom. The quantitative estimate of drug-likeness (QED) is 0.0956. The summed E-state index contributed by atoms with van der Waals surface area (Å²) in [6.07, 6.45) is 19.9. The van der Waals surface area contributed by atoms with Gasteiger partial charge in [-0.15, -0.1) is 0 Å². The molecule has 29 heavy (non-hydrogen) atoms. The van der Waals surface area contributed by atoms with Gasteiger partial charge < -0.3 is 4.43 Å². The van der Waals surface area contributed by atoms with Crippen LogP contribution in [0.3, 0.4) is 0 Å². The van der Waals surface area contributed by atoms with Crippen LogP contribution in [0.5, 0.6) is 0 Å². The van der Waals surface area contributed by atoms with Crippen LogP contribution in [0.1, 0.15) is 118 Å². The van der Waals surface area contributed by atoms with Gasteiger partial charge >= 0.3 is 0 Å². The molecule has 0 N–H and O–H groups in total. The van der Waals surface area contributed by atoms with E-state index in [0.717, 1.165) is 12.8 Å². The molecule has 170 valence electrons. The Morgan fingerprint density at radius 3 is 1.69 bits per heavy atom. The second kappa shape index (κ2) is 16.0. The van der Waals surface area contributed by atoms with E-state index in [4.69, 9.17) is 4.43 Å². The Kier molecular flexibility index (Phi) is 15.7. The number of hydrogen-bond acceptors (Lipinski definition) is 3. The van der Waals surface area contributed by atoms with Crippen LogP contribution in [0.4, 0.5) is 0 Å². The molecular weight excluding hydrogens is 374 g/mol. The van der Waals surface area contributed by atoms with E-state index in [-0.39, 0.29) is 11.1 Å². The summed E-state index contributed by atoms with van der Waals surface area (Å²) >= 11 is 0. The van der Waals surface area contributed by atoms with Crippen molar-refractivity contribution in [2.24, 2.45) is 4.99 Å². The molecule has 0 aromatic rings. The number of carbonyl (C=O) groups excluding carboxylic acids is 1. The fourth-order valence-corrected chi connectivity index (χ4v) is 4.62. The van der Waals surface area contributed by atoms with E-state index >= 15 is 0 Å². The van der Waals surface area contributed by atoms with Crippen molar-refractivity contribution in [1.29, 1.82) is 0 Å². The SMILES string of the molecule is C=C(N=C=O)C(CCCCCCCCCCCCCCC)O[Si](C)(C)C(C)(C)C. The molecule has 1 unspecified atom stereocenters. The first-order valence-corrected chi connectivity index (χ1v) is 15.0. The number of isocyanates is 1. The molecule has 3 nitrogen and oxygen atoms in total. The summed E-state index contributed by atoms with van der Waals surface area (Å²) in [5, 5.41) is 0.131. The van der Waals surface area contributed by atoms with Crippen LogP contribution in [-0.4, -0.2) is 20.5 Å². The summed E-state index contributed by atoms with van der Waals surface area (Å²) < 4.78 is 6.49. The van der Waals surface area contributed by atoms with Gasteiger partial charge in [0.25, 0.3) is 0 Å². The zero-order valence-electron chi connectivity index (χ0n) is 20.4. The number of nitrogens with zero attached hydrogens (tertiary/aromatic N) is 1. The third-order valence-electron chi connectivity index (χ3n) is 6.37. The lowest BCUT2D eigenvalue weighted by Crippen LogP contribution is -2.44. The summed E-state index contributed by atoms with van der Waals surface area (Å²) in [5.41, 5.74) is 0.531. The maximum Gasteiger partial charge on any atom is 0.240 e. The molecule has 0 heterocycles. The molecule has 0 aliphatic heterocycles. The van der Waals surface area contributed by atoms with Crippen molar-refractivity contribution >= 4 is 14.4 Å². The lowest BCUT2D eigenvalue weighted by molar-refractivity contribution is 0.199. The Balaban J connectivity index is 4.00. The molecule has 1 atom stereocenters. The third kappa shape index (κ3) is 14.0. The van der Waals surface area contributed by atoms with Crippen molar-refractivity contribution in [2.75, 3.05) is 0 Å². The Hall–Kier alpha value is -0.703. The van der Waals surface area contributed by atoms with Crippen molar-refractivity contribution in [3.05, 3.63) is 12.3 Å². The minimum absolute atomic E-state index is 0.131. The van der Waals surface area contributed by atoms with Crippen LogP contribution in [0.25, 0.3) is 0 Å². The summed E-state index contributed by atoms with van der Waals surface area (Å²) in [5.74, 6) is 0. The van der Waals surface area contributed by atoms with Gasteiger partial charge in [0.2, 0.25) is 6.08 Å². The lowest BCUT2D eigenvalue weighted by Gasteiger charge is -2.39. The highest BCUT2D eigenvalue weighted by Gasteiger charge is 2.39. The molecule has 0 fully saturated rings. The zero-order valence-corrected chi connectivity index (χ0v) is 21.4. The van der Waals surface area contributed by atoms with Gasteiger partial charge in [-0.05, 0) is 24.6 Å². The van der Waals surface area contributed by atoms with Crippen molar-refractivity contribution < 1.29 is 9.22 Å².